The lowest BCUT2D eigenvalue weighted by molar-refractivity contribution is -0.117. The second-order valence-electron chi connectivity index (χ2n) is 7.06. The fourth-order valence-corrected chi connectivity index (χ4v) is 3.24. The molecule has 0 unspecified atom stereocenters. The number of nitrogens with zero attached hydrogens (tertiary/aromatic N) is 2. The molecule has 0 bridgehead atoms. The van der Waals surface area contributed by atoms with Crippen LogP contribution < -0.4 is 10.6 Å². The zero-order valence-electron chi connectivity index (χ0n) is 15.8. The summed E-state index contributed by atoms with van der Waals surface area (Å²) >= 11 is 5.99. The van der Waals surface area contributed by atoms with Crippen molar-refractivity contribution in [2.75, 3.05) is 11.9 Å². The summed E-state index contributed by atoms with van der Waals surface area (Å²) in [6.07, 6.45) is 2.47. The first kappa shape index (κ1) is 19.2. The Morgan fingerprint density at radius 1 is 1.07 bits per heavy atom. The second kappa shape index (κ2) is 8.49. The number of para-hydroxylation sites is 1. The van der Waals surface area contributed by atoms with Crippen LogP contribution in [-0.2, 0) is 11.2 Å². The Labute approximate surface area is 173 Å². The maximum absolute atomic E-state index is 12.6. The zero-order valence-corrected chi connectivity index (χ0v) is 16.5. The van der Waals surface area contributed by atoms with Gasteiger partial charge in [0.1, 0.15) is 5.82 Å². The number of hydrogen-bond donors (Lipinski definition) is 2. The number of benzene rings is 2. The number of halogens is 1. The molecule has 1 aromatic heterocycles. The third-order valence-corrected chi connectivity index (χ3v) is 4.97. The molecule has 0 aliphatic heterocycles. The fourth-order valence-electron chi connectivity index (χ4n) is 3.02. The molecule has 0 saturated heterocycles. The van der Waals surface area contributed by atoms with E-state index in [1.807, 2.05) is 54.6 Å². The molecule has 3 aromatic rings. The predicted molar refractivity (Wildman–Crippen MR) is 112 cm³/mol. The monoisotopic (exact) mass is 408 g/mol. The van der Waals surface area contributed by atoms with E-state index in [0.29, 0.717) is 23.8 Å². The number of carbonyl (C=O) groups is 2. The number of nitrogens with one attached hydrogen (secondary N) is 2. The lowest BCUT2D eigenvalue weighted by atomic mass is 10.1. The minimum absolute atomic E-state index is 0.0324. The van der Waals surface area contributed by atoms with Crippen molar-refractivity contribution in [2.45, 2.75) is 19.3 Å². The molecule has 0 spiro atoms. The molecular formula is C22H21ClN4O2. The first-order valence-electron chi connectivity index (χ1n) is 9.59. The number of rotatable bonds is 7. The number of amides is 2. The maximum atomic E-state index is 12.6. The van der Waals surface area contributed by atoms with Crippen LogP contribution in [0.3, 0.4) is 0 Å². The summed E-state index contributed by atoms with van der Waals surface area (Å²) in [5, 5.41) is 10.9. The highest BCUT2D eigenvalue weighted by Gasteiger charge is 2.30. The van der Waals surface area contributed by atoms with E-state index in [1.165, 1.54) is 0 Å². The summed E-state index contributed by atoms with van der Waals surface area (Å²) in [7, 11) is 0. The van der Waals surface area contributed by atoms with Crippen LogP contribution in [0.5, 0.6) is 0 Å². The van der Waals surface area contributed by atoms with Crippen LogP contribution in [-0.4, -0.2) is 28.1 Å². The van der Waals surface area contributed by atoms with Crippen LogP contribution in [0, 0.1) is 5.92 Å². The molecule has 0 radical (unpaired) electrons. The molecule has 2 aromatic carbocycles. The minimum atomic E-state index is -0.288. The van der Waals surface area contributed by atoms with Gasteiger partial charge in [0.25, 0.3) is 5.91 Å². The molecule has 2 amide bonds. The van der Waals surface area contributed by atoms with E-state index in [1.54, 1.807) is 10.7 Å². The molecule has 29 heavy (non-hydrogen) atoms. The van der Waals surface area contributed by atoms with Crippen LogP contribution in [0.1, 0.15) is 28.9 Å². The van der Waals surface area contributed by atoms with E-state index in [9.17, 15) is 9.59 Å². The molecule has 4 rings (SSSR count). The maximum Gasteiger partial charge on any atom is 0.271 e. The van der Waals surface area contributed by atoms with Crippen molar-refractivity contribution >= 4 is 29.2 Å². The van der Waals surface area contributed by atoms with Gasteiger partial charge < -0.3 is 10.6 Å². The first-order valence-corrected chi connectivity index (χ1v) is 9.97. The summed E-state index contributed by atoms with van der Waals surface area (Å²) in [6.45, 7) is 0.459. The quantitative estimate of drug-likeness (QED) is 0.623. The van der Waals surface area contributed by atoms with Crippen LogP contribution in [0.4, 0.5) is 5.82 Å². The molecule has 1 aliphatic rings. The van der Waals surface area contributed by atoms with Gasteiger partial charge in [0, 0.05) is 23.6 Å². The van der Waals surface area contributed by atoms with Gasteiger partial charge in [-0.2, -0.15) is 5.10 Å². The van der Waals surface area contributed by atoms with Crippen molar-refractivity contribution in [3.8, 4) is 5.69 Å². The lowest BCUT2D eigenvalue weighted by Crippen LogP contribution is -2.26. The highest BCUT2D eigenvalue weighted by molar-refractivity contribution is 6.30. The SMILES string of the molecule is O=C(NCCc1cccc(Cl)c1)c1cc(NC(=O)C2CC2)n(-c2ccccc2)n1. The standard InChI is InChI=1S/C22H21ClN4O2/c23-17-6-4-5-15(13-17)11-12-24-22(29)19-14-20(25-21(28)16-9-10-16)27(26-19)18-7-2-1-3-8-18/h1-8,13-14,16H,9-12H2,(H,24,29)(H,25,28). The molecule has 148 valence electrons. The Morgan fingerprint density at radius 2 is 1.86 bits per heavy atom. The highest BCUT2D eigenvalue weighted by Crippen LogP contribution is 2.30. The largest absolute Gasteiger partial charge is 0.350 e. The Bertz CT molecular complexity index is 1030. The lowest BCUT2D eigenvalue weighted by Gasteiger charge is -2.08. The average molecular weight is 409 g/mol. The second-order valence-corrected chi connectivity index (χ2v) is 7.50. The van der Waals surface area contributed by atoms with Crippen LogP contribution in [0.2, 0.25) is 5.02 Å². The summed E-state index contributed by atoms with van der Waals surface area (Å²) in [4.78, 5) is 24.8. The van der Waals surface area contributed by atoms with Gasteiger partial charge in [-0.05, 0) is 49.1 Å². The highest BCUT2D eigenvalue weighted by atomic mass is 35.5. The Hall–Kier alpha value is -3.12. The smallest absolute Gasteiger partial charge is 0.271 e. The predicted octanol–water partition coefficient (Wildman–Crippen LogP) is 3.85. The van der Waals surface area contributed by atoms with E-state index in [4.69, 9.17) is 11.6 Å². The Morgan fingerprint density at radius 3 is 2.59 bits per heavy atom. The molecule has 0 atom stereocenters. The number of carbonyl (C=O) groups excluding carboxylic acids is 2. The molecule has 1 saturated carbocycles. The fraction of sp³-hybridized carbons (Fsp3) is 0.227. The zero-order chi connectivity index (χ0) is 20.2. The van der Waals surface area contributed by atoms with Gasteiger partial charge in [0.15, 0.2) is 5.69 Å². The summed E-state index contributed by atoms with van der Waals surface area (Å²) in [5.41, 5.74) is 2.08. The third kappa shape index (κ3) is 4.84. The molecule has 2 N–H and O–H groups in total. The molecule has 6 nitrogen and oxygen atoms in total. The van der Waals surface area contributed by atoms with Crippen LogP contribution in [0.25, 0.3) is 5.69 Å². The Balaban J connectivity index is 1.48. The van der Waals surface area contributed by atoms with Gasteiger partial charge in [-0.1, -0.05) is 41.9 Å². The average Bonchev–Trinajstić information content (AvgIpc) is 3.49. The van der Waals surface area contributed by atoms with Gasteiger partial charge in [0.05, 0.1) is 5.69 Å². The van der Waals surface area contributed by atoms with Crippen LogP contribution >= 0.6 is 11.6 Å². The van der Waals surface area contributed by atoms with Crippen molar-refractivity contribution in [3.63, 3.8) is 0 Å². The van der Waals surface area contributed by atoms with E-state index in [0.717, 1.165) is 24.1 Å². The molecular weight excluding hydrogens is 388 g/mol. The van der Waals surface area contributed by atoms with Crippen molar-refractivity contribution < 1.29 is 9.59 Å². The van der Waals surface area contributed by atoms with E-state index in [-0.39, 0.29) is 23.4 Å². The number of hydrogen-bond acceptors (Lipinski definition) is 3. The van der Waals surface area contributed by atoms with Gasteiger partial charge in [0.2, 0.25) is 5.91 Å². The molecule has 7 heteroatoms. The van der Waals surface area contributed by atoms with Gasteiger partial charge in [-0.25, -0.2) is 4.68 Å². The summed E-state index contributed by atoms with van der Waals surface area (Å²) < 4.78 is 1.59. The van der Waals surface area contributed by atoms with Crippen molar-refractivity contribution in [2.24, 2.45) is 5.92 Å². The third-order valence-electron chi connectivity index (χ3n) is 4.73. The molecule has 1 aliphatic carbocycles. The van der Waals surface area contributed by atoms with E-state index >= 15 is 0 Å². The summed E-state index contributed by atoms with van der Waals surface area (Å²) in [5.74, 6) is 0.232. The topological polar surface area (TPSA) is 76.0 Å². The Kier molecular flexibility index (Phi) is 5.62. The van der Waals surface area contributed by atoms with Gasteiger partial charge >= 0.3 is 0 Å². The number of anilines is 1. The van der Waals surface area contributed by atoms with Crippen molar-refractivity contribution in [1.82, 2.24) is 15.1 Å². The van der Waals surface area contributed by atoms with Crippen molar-refractivity contribution in [1.29, 1.82) is 0 Å². The van der Waals surface area contributed by atoms with Gasteiger partial charge in [-0.3, -0.25) is 9.59 Å². The molecule has 1 heterocycles. The van der Waals surface area contributed by atoms with E-state index < -0.39 is 0 Å². The summed E-state index contributed by atoms with van der Waals surface area (Å²) in [6, 6.07) is 18.6. The minimum Gasteiger partial charge on any atom is -0.350 e. The first-order chi connectivity index (χ1) is 14.1. The number of aromatic nitrogens is 2. The normalized spacial score (nSPS) is 13.1. The molecule has 1 fully saturated rings. The van der Waals surface area contributed by atoms with Gasteiger partial charge in [-0.15, -0.1) is 0 Å². The van der Waals surface area contributed by atoms with Crippen LogP contribution in [0.15, 0.2) is 60.7 Å². The van der Waals surface area contributed by atoms with Crippen molar-refractivity contribution in [3.05, 3.63) is 76.9 Å². The van der Waals surface area contributed by atoms with E-state index in [2.05, 4.69) is 15.7 Å².